The standard InChI is InChI=1S/C11H16N2O2/c14-8-12-6-5-10-1-3-11(4-2-10)7-13-9-15/h10-11H,1-7H2. The number of hydrogen-bond donors (Lipinski definition) is 0. The van der Waals surface area contributed by atoms with Crippen LogP contribution in [0.1, 0.15) is 32.1 Å². The van der Waals surface area contributed by atoms with E-state index in [1.807, 2.05) is 0 Å². The van der Waals surface area contributed by atoms with Gasteiger partial charge in [-0.2, -0.15) is 0 Å². The monoisotopic (exact) mass is 208 g/mol. The minimum absolute atomic E-state index is 0.553. The Balaban J connectivity index is 2.17. The van der Waals surface area contributed by atoms with E-state index >= 15 is 0 Å². The highest BCUT2D eigenvalue weighted by Crippen LogP contribution is 2.30. The maximum atomic E-state index is 9.95. The molecule has 0 N–H and O–H groups in total. The summed E-state index contributed by atoms with van der Waals surface area (Å²) in [5.41, 5.74) is 0. The van der Waals surface area contributed by atoms with Gasteiger partial charge in [-0.1, -0.05) is 12.8 Å². The van der Waals surface area contributed by atoms with Gasteiger partial charge >= 0.3 is 0 Å². The van der Waals surface area contributed by atoms with E-state index < -0.39 is 0 Å². The molecule has 4 heteroatoms. The number of nitrogens with zero attached hydrogens (tertiary/aromatic N) is 2. The van der Waals surface area contributed by atoms with Gasteiger partial charge in [0.05, 0.1) is 13.1 Å². The van der Waals surface area contributed by atoms with Crippen LogP contribution in [-0.2, 0) is 9.59 Å². The summed E-state index contributed by atoms with van der Waals surface area (Å²) in [6.45, 7) is 1.23. The molecule has 0 aliphatic heterocycles. The Kier molecular flexibility index (Phi) is 5.60. The first-order chi connectivity index (χ1) is 7.36. The van der Waals surface area contributed by atoms with Crippen LogP contribution in [0.4, 0.5) is 0 Å². The lowest BCUT2D eigenvalue weighted by Gasteiger charge is -2.26. The lowest BCUT2D eigenvalue weighted by atomic mass is 9.80. The molecule has 82 valence electrons. The van der Waals surface area contributed by atoms with Crippen LogP contribution in [0, 0.1) is 11.8 Å². The van der Waals surface area contributed by atoms with Gasteiger partial charge in [-0.15, -0.1) is 0 Å². The fraction of sp³-hybridized carbons (Fsp3) is 0.818. The Bertz CT molecular complexity index is 270. The zero-order valence-electron chi connectivity index (χ0n) is 8.82. The summed E-state index contributed by atoms with van der Waals surface area (Å²) in [5.74, 6) is 1.23. The van der Waals surface area contributed by atoms with Crippen LogP contribution in [-0.4, -0.2) is 25.2 Å². The molecule has 0 heterocycles. The first-order valence-corrected chi connectivity index (χ1v) is 5.44. The van der Waals surface area contributed by atoms with Crippen LogP contribution < -0.4 is 0 Å². The summed E-state index contributed by atoms with van der Waals surface area (Å²) in [6.07, 6.45) is 8.70. The van der Waals surface area contributed by atoms with Gasteiger partial charge in [-0.3, -0.25) is 0 Å². The van der Waals surface area contributed by atoms with Crippen molar-refractivity contribution in [2.45, 2.75) is 32.1 Å². The Morgan fingerprint density at radius 3 is 2.13 bits per heavy atom. The van der Waals surface area contributed by atoms with Crippen molar-refractivity contribution in [1.82, 2.24) is 0 Å². The molecule has 1 saturated carbocycles. The fourth-order valence-electron chi connectivity index (χ4n) is 2.16. The first-order valence-electron chi connectivity index (χ1n) is 5.44. The molecule has 0 amide bonds. The highest BCUT2D eigenvalue weighted by molar-refractivity contribution is 5.33. The van der Waals surface area contributed by atoms with Gasteiger partial charge in [0.25, 0.3) is 0 Å². The summed E-state index contributed by atoms with van der Waals surface area (Å²) in [4.78, 5) is 27.0. The zero-order valence-corrected chi connectivity index (χ0v) is 8.82. The second-order valence-electron chi connectivity index (χ2n) is 4.08. The van der Waals surface area contributed by atoms with E-state index in [0.717, 1.165) is 32.1 Å². The van der Waals surface area contributed by atoms with Gasteiger partial charge in [0.2, 0.25) is 12.2 Å². The third-order valence-electron chi connectivity index (χ3n) is 3.09. The molecule has 0 atom stereocenters. The number of isocyanates is 2. The summed E-state index contributed by atoms with van der Waals surface area (Å²) < 4.78 is 0. The maximum Gasteiger partial charge on any atom is 0.234 e. The van der Waals surface area contributed by atoms with E-state index in [9.17, 15) is 9.59 Å². The van der Waals surface area contributed by atoms with E-state index in [4.69, 9.17) is 0 Å². The molecular formula is C11H16N2O2. The Hall–Kier alpha value is -1.24. The van der Waals surface area contributed by atoms with Crippen LogP contribution in [0.25, 0.3) is 0 Å². The van der Waals surface area contributed by atoms with Crippen LogP contribution in [0.2, 0.25) is 0 Å². The van der Waals surface area contributed by atoms with Gasteiger partial charge in [-0.05, 0) is 31.1 Å². The fourth-order valence-corrected chi connectivity index (χ4v) is 2.16. The minimum Gasteiger partial charge on any atom is -0.211 e. The molecule has 1 rings (SSSR count). The zero-order chi connectivity index (χ0) is 10.9. The van der Waals surface area contributed by atoms with Crippen LogP contribution in [0.3, 0.4) is 0 Å². The van der Waals surface area contributed by atoms with E-state index in [1.54, 1.807) is 12.2 Å². The second-order valence-corrected chi connectivity index (χ2v) is 4.08. The van der Waals surface area contributed by atoms with Crippen molar-refractivity contribution < 1.29 is 9.59 Å². The molecule has 0 unspecified atom stereocenters. The molecule has 0 aromatic rings. The molecule has 0 aromatic heterocycles. The van der Waals surface area contributed by atoms with Crippen molar-refractivity contribution in [3.05, 3.63) is 0 Å². The quantitative estimate of drug-likeness (QED) is 0.511. The summed E-state index contributed by atoms with van der Waals surface area (Å²) in [6, 6.07) is 0. The number of hydrogen-bond acceptors (Lipinski definition) is 4. The summed E-state index contributed by atoms with van der Waals surface area (Å²) >= 11 is 0. The van der Waals surface area contributed by atoms with Gasteiger partial charge in [0.15, 0.2) is 0 Å². The lowest BCUT2D eigenvalue weighted by molar-refractivity contribution is 0.271. The molecule has 1 fully saturated rings. The molecule has 0 radical (unpaired) electrons. The molecule has 15 heavy (non-hydrogen) atoms. The predicted molar refractivity (Wildman–Crippen MR) is 56.0 cm³/mol. The predicted octanol–water partition coefficient (Wildman–Crippen LogP) is 1.85. The van der Waals surface area contributed by atoms with Crippen LogP contribution in [0.5, 0.6) is 0 Å². The smallest absolute Gasteiger partial charge is 0.211 e. The van der Waals surface area contributed by atoms with E-state index in [2.05, 4.69) is 9.98 Å². The van der Waals surface area contributed by atoms with Crippen molar-refractivity contribution in [2.24, 2.45) is 21.8 Å². The van der Waals surface area contributed by atoms with E-state index in [-0.39, 0.29) is 0 Å². The van der Waals surface area contributed by atoms with E-state index in [1.165, 1.54) is 0 Å². The molecule has 0 aromatic carbocycles. The molecule has 0 saturated heterocycles. The van der Waals surface area contributed by atoms with Crippen molar-refractivity contribution >= 4 is 12.2 Å². The minimum atomic E-state index is 0.553. The van der Waals surface area contributed by atoms with Crippen molar-refractivity contribution in [3.63, 3.8) is 0 Å². The largest absolute Gasteiger partial charge is 0.234 e. The summed E-state index contributed by atoms with van der Waals surface area (Å²) in [5, 5.41) is 0. The molecule has 1 aliphatic carbocycles. The van der Waals surface area contributed by atoms with Crippen molar-refractivity contribution in [2.75, 3.05) is 13.1 Å². The molecular weight excluding hydrogens is 192 g/mol. The Labute approximate surface area is 89.5 Å². The number of rotatable bonds is 5. The summed E-state index contributed by atoms with van der Waals surface area (Å²) in [7, 11) is 0. The van der Waals surface area contributed by atoms with Gasteiger partial charge in [-0.25, -0.2) is 19.6 Å². The second kappa shape index (κ2) is 7.10. The van der Waals surface area contributed by atoms with Gasteiger partial charge in [0.1, 0.15) is 0 Å². The Morgan fingerprint density at radius 1 is 0.933 bits per heavy atom. The lowest BCUT2D eigenvalue weighted by Crippen LogP contribution is -2.17. The highest BCUT2D eigenvalue weighted by atomic mass is 16.1. The average molecular weight is 208 g/mol. The topological polar surface area (TPSA) is 58.9 Å². The van der Waals surface area contributed by atoms with Gasteiger partial charge < -0.3 is 0 Å². The van der Waals surface area contributed by atoms with Crippen LogP contribution in [0.15, 0.2) is 9.98 Å². The molecule has 1 aliphatic rings. The highest BCUT2D eigenvalue weighted by Gasteiger charge is 2.20. The molecule has 0 spiro atoms. The SMILES string of the molecule is O=C=NCCC1CCC(CN=C=O)CC1. The molecule has 0 bridgehead atoms. The van der Waals surface area contributed by atoms with E-state index in [0.29, 0.717) is 24.9 Å². The maximum absolute atomic E-state index is 9.95. The number of aliphatic imine (C=N–C) groups is 2. The van der Waals surface area contributed by atoms with Crippen molar-refractivity contribution in [1.29, 1.82) is 0 Å². The first kappa shape index (κ1) is 11.8. The Morgan fingerprint density at radius 2 is 1.53 bits per heavy atom. The average Bonchev–Trinajstić information content (AvgIpc) is 2.28. The van der Waals surface area contributed by atoms with Gasteiger partial charge in [0, 0.05) is 0 Å². The van der Waals surface area contributed by atoms with Crippen molar-refractivity contribution in [3.8, 4) is 0 Å². The van der Waals surface area contributed by atoms with Crippen LogP contribution >= 0.6 is 0 Å². The third-order valence-corrected chi connectivity index (χ3v) is 3.09. The normalized spacial score (nSPS) is 25.1. The third kappa shape index (κ3) is 4.68. The molecule has 4 nitrogen and oxygen atoms in total. The number of carbonyl (C=O) groups excluding carboxylic acids is 2.